The highest BCUT2D eigenvalue weighted by molar-refractivity contribution is 7.09. The van der Waals surface area contributed by atoms with Crippen LogP contribution < -0.4 is 5.32 Å². The normalized spacial score (nSPS) is 25.1. The summed E-state index contributed by atoms with van der Waals surface area (Å²) in [7, 11) is 0. The van der Waals surface area contributed by atoms with E-state index >= 15 is 0 Å². The van der Waals surface area contributed by atoms with E-state index in [9.17, 15) is 0 Å². The molecule has 1 heterocycles. The van der Waals surface area contributed by atoms with Gasteiger partial charge in [0.1, 0.15) is 0 Å². The van der Waals surface area contributed by atoms with E-state index in [1.165, 1.54) is 49.2 Å². The van der Waals surface area contributed by atoms with Crippen LogP contribution in [0.1, 0.15) is 49.7 Å². The molecule has 1 saturated carbocycles. The van der Waals surface area contributed by atoms with Crippen molar-refractivity contribution in [2.45, 2.75) is 58.4 Å². The molecule has 2 rings (SSSR count). The van der Waals surface area contributed by atoms with E-state index in [1.807, 2.05) is 11.3 Å². The van der Waals surface area contributed by atoms with Gasteiger partial charge in [-0.05, 0) is 38.6 Å². The summed E-state index contributed by atoms with van der Waals surface area (Å²) < 4.78 is 0. The van der Waals surface area contributed by atoms with Crippen LogP contribution >= 0.6 is 11.3 Å². The zero-order valence-electron chi connectivity index (χ0n) is 11.0. The first-order valence-corrected chi connectivity index (χ1v) is 7.82. The van der Waals surface area contributed by atoms with E-state index < -0.39 is 0 Å². The fourth-order valence-electron chi connectivity index (χ4n) is 2.77. The summed E-state index contributed by atoms with van der Waals surface area (Å²) in [6, 6.07) is 0.730. The first-order valence-electron chi connectivity index (χ1n) is 6.94. The fourth-order valence-corrected chi connectivity index (χ4v) is 3.64. The maximum absolute atomic E-state index is 4.61. The van der Waals surface area contributed by atoms with Gasteiger partial charge in [-0.15, -0.1) is 11.3 Å². The number of rotatable bonds is 5. The van der Waals surface area contributed by atoms with E-state index in [2.05, 4.69) is 29.5 Å². The van der Waals surface area contributed by atoms with Crippen LogP contribution in [0.25, 0.3) is 0 Å². The lowest BCUT2D eigenvalue weighted by atomic mass is 9.82. The van der Waals surface area contributed by atoms with E-state index in [-0.39, 0.29) is 0 Å². The summed E-state index contributed by atoms with van der Waals surface area (Å²) in [6.07, 6.45) is 7.95. The molecule has 96 valence electrons. The minimum absolute atomic E-state index is 0.730. The molecule has 0 spiro atoms. The standard InChI is InChI=1S/C14H24N2S/c1-3-8-15-13-7-5-4-6-12(13)9-14-16-11(2)10-17-14/h10,12-13,15H,3-9H2,1-2H3. The maximum atomic E-state index is 4.61. The molecule has 3 heteroatoms. The van der Waals surface area contributed by atoms with Crippen molar-refractivity contribution < 1.29 is 0 Å². The maximum Gasteiger partial charge on any atom is 0.0931 e. The second kappa shape index (κ2) is 6.50. The Morgan fingerprint density at radius 1 is 1.41 bits per heavy atom. The van der Waals surface area contributed by atoms with Gasteiger partial charge in [-0.1, -0.05) is 19.8 Å². The molecule has 0 aromatic carbocycles. The lowest BCUT2D eigenvalue weighted by Gasteiger charge is -2.32. The lowest BCUT2D eigenvalue weighted by molar-refractivity contribution is 0.261. The van der Waals surface area contributed by atoms with Crippen LogP contribution in [0.3, 0.4) is 0 Å². The Bertz CT molecular complexity index is 335. The third-order valence-electron chi connectivity index (χ3n) is 3.67. The summed E-state index contributed by atoms with van der Waals surface area (Å²) in [5.41, 5.74) is 1.18. The number of thiazole rings is 1. The Kier molecular flexibility index (Phi) is 4.99. The predicted octanol–water partition coefficient (Wildman–Crippen LogP) is 3.55. The van der Waals surface area contributed by atoms with Crippen molar-refractivity contribution in [3.05, 3.63) is 16.1 Å². The Balaban J connectivity index is 1.91. The van der Waals surface area contributed by atoms with Gasteiger partial charge in [0.2, 0.25) is 0 Å². The molecule has 1 aliphatic rings. The van der Waals surface area contributed by atoms with Crippen LogP contribution in [0.5, 0.6) is 0 Å². The number of aryl methyl sites for hydroxylation is 1. The smallest absolute Gasteiger partial charge is 0.0931 e. The topological polar surface area (TPSA) is 24.9 Å². The molecule has 17 heavy (non-hydrogen) atoms. The molecule has 1 aliphatic carbocycles. The first-order chi connectivity index (χ1) is 8.29. The Hall–Kier alpha value is -0.410. The lowest BCUT2D eigenvalue weighted by Crippen LogP contribution is -2.39. The molecule has 0 saturated heterocycles. The van der Waals surface area contributed by atoms with Gasteiger partial charge >= 0.3 is 0 Å². The van der Waals surface area contributed by atoms with Crippen LogP contribution in [-0.4, -0.2) is 17.6 Å². The largest absolute Gasteiger partial charge is 0.314 e. The summed E-state index contributed by atoms with van der Waals surface area (Å²) in [5.74, 6) is 0.806. The van der Waals surface area contributed by atoms with Crippen molar-refractivity contribution in [3.8, 4) is 0 Å². The van der Waals surface area contributed by atoms with Crippen LogP contribution in [0, 0.1) is 12.8 Å². The van der Waals surface area contributed by atoms with E-state index in [0.29, 0.717) is 0 Å². The van der Waals surface area contributed by atoms with Gasteiger partial charge in [0.15, 0.2) is 0 Å². The zero-order chi connectivity index (χ0) is 12.1. The first kappa shape index (κ1) is 13.0. The fraction of sp³-hybridized carbons (Fsp3) is 0.786. The van der Waals surface area contributed by atoms with Gasteiger partial charge in [-0.25, -0.2) is 4.98 Å². The molecule has 0 bridgehead atoms. The Morgan fingerprint density at radius 2 is 2.24 bits per heavy atom. The molecule has 2 atom stereocenters. The number of nitrogens with one attached hydrogen (secondary N) is 1. The molecular formula is C14H24N2S. The number of hydrogen-bond acceptors (Lipinski definition) is 3. The minimum Gasteiger partial charge on any atom is -0.314 e. The summed E-state index contributed by atoms with van der Waals surface area (Å²) in [4.78, 5) is 4.61. The monoisotopic (exact) mass is 252 g/mol. The average molecular weight is 252 g/mol. The van der Waals surface area contributed by atoms with Crippen molar-refractivity contribution in [1.29, 1.82) is 0 Å². The number of aromatic nitrogens is 1. The van der Waals surface area contributed by atoms with Gasteiger partial charge in [0.25, 0.3) is 0 Å². The van der Waals surface area contributed by atoms with Crippen molar-refractivity contribution in [1.82, 2.24) is 10.3 Å². The molecule has 0 aliphatic heterocycles. The molecule has 1 aromatic rings. The van der Waals surface area contributed by atoms with Crippen molar-refractivity contribution >= 4 is 11.3 Å². The molecule has 1 N–H and O–H groups in total. The SMILES string of the molecule is CCCNC1CCCCC1Cc1nc(C)cs1. The van der Waals surface area contributed by atoms with Crippen LogP contribution in [-0.2, 0) is 6.42 Å². The average Bonchev–Trinajstić information content (AvgIpc) is 2.74. The zero-order valence-corrected chi connectivity index (χ0v) is 11.9. The van der Waals surface area contributed by atoms with Crippen molar-refractivity contribution in [2.75, 3.05) is 6.54 Å². The molecule has 2 nitrogen and oxygen atoms in total. The summed E-state index contributed by atoms with van der Waals surface area (Å²) >= 11 is 1.83. The molecule has 1 fully saturated rings. The second-order valence-corrected chi connectivity index (χ2v) is 6.13. The summed E-state index contributed by atoms with van der Waals surface area (Å²) in [6.45, 7) is 5.50. The highest BCUT2D eigenvalue weighted by Crippen LogP contribution is 2.28. The quantitative estimate of drug-likeness (QED) is 0.867. The highest BCUT2D eigenvalue weighted by Gasteiger charge is 2.25. The highest BCUT2D eigenvalue weighted by atomic mass is 32.1. The van der Waals surface area contributed by atoms with Crippen LogP contribution in [0.15, 0.2) is 5.38 Å². The van der Waals surface area contributed by atoms with Crippen LogP contribution in [0.4, 0.5) is 0 Å². The third kappa shape index (κ3) is 3.78. The van der Waals surface area contributed by atoms with E-state index in [0.717, 1.165) is 18.5 Å². The molecule has 0 radical (unpaired) electrons. The van der Waals surface area contributed by atoms with Crippen molar-refractivity contribution in [2.24, 2.45) is 5.92 Å². The Morgan fingerprint density at radius 3 is 2.94 bits per heavy atom. The van der Waals surface area contributed by atoms with Crippen LogP contribution in [0.2, 0.25) is 0 Å². The minimum atomic E-state index is 0.730. The predicted molar refractivity (Wildman–Crippen MR) is 74.6 cm³/mol. The van der Waals surface area contributed by atoms with Crippen molar-refractivity contribution in [3.63, 3.8) is 0 Å². The Labute approximate surface area is 109 Å². The molecule has 1 aromatic heterocycles. The van der Waals surface area contributed by atoms with Gasteiger partial charge in [0.05, 0.1) is 5.01 Å². The number of nitrogens with zero attached hydrogens (tertiary/aromatic N) is 1. The molecule has 0 amide bonds. The molecule has 2 unspecified atom stereocenters. The number of hydrogen-bond donors (Lipinski definition) is 1. The van der Waals surface area contributed by atoms with Gasteiger partial charge in [-0.3, -0.25) is 0 Å². The van der Waals surface area contributed by atoms with Gasteiger partial charge in [0, 0.05) is 23.5 Å². The third-order valence-corrected chi connectivity index (χ3v) is 4.66. The van der Waals surface area contributed by atoms with E-state index in [1.54, 1.807) is 0 Å². The second-order valence-electron chi connectivity index (χ2n) is 5.19. The van der Waals surface area contributed by atoms with Gasteiger partial charge < -0.3 is 5.32 Å². The van der Waals surface area contributed by atoms with Gasteiger partial charge in [-0.2, -0.15) is 0 Å². The summed E-state index contributed by atoms with van der Waals surface area (Å²) in [5, 5.41) is 7.23. The van der Waals surface area contributed by atoms with E-state index in [4.69, 9.17) is 0 Å². The molecular weight excluding hydrogens is 228 g/mol.